The smallest absolute Gasteiger partial charge is 0.507 e. The molecule has 2 aromatic rings. The minimum atomic E-state index is -1.41. The Morgan fingerprint density at radius 2 is 2.24 bits per heavy atom. The van der Waals surface area contributed by atoms with Gasteiger partial charge in [0.05, 0.1) is 10.9 Å². The van der Waals surface area contributed by atoms with Crippen LogP contribution in [0.5, 0.6) is 11.6 Å². The number of aromatic hydroxyl groups is 1. The fraction of sp³-hybridized carbons (Fsp3) is 0.0909. The molecule has 6 heteroatoms. The molecule has 1 aromatic heterocycles. The third kappa shape index (κ3) is 2.54. The first kappa shape index (κ1) is 11.4. The van der Waals surface area contributed by atoms with E-state index >= 15 is 0 Å². The molecule has 0 saturated heterocycles. The summed E-state index contributed by atoms with van der Waals surface area (Å²) in [6, 6.07) is 5.13. The molecule has 2 N–H and O–H groups in total. The second-order valence-electron chi connectivity index (χ2n) is 3.38. The Hall–Kier alpha value is -2.08. The van der Waals surface area contributed by atoms with Crippen molar-refractivity contribution in [2.45, 2.75) is 6.92 Å². The van der Waals surface area contributed by atoms with Crippen LogP contribution < -0.4 is 4.74 Å². The molecule has 0 aliphatic heterocycles. The summed E-state index contributed by atoms with van der Waals surface area (Å²) in [5, 5.41) is 20.1. The quantitative estimate of drug-likeness (QED) is 0.802. The van der Waals surface area contributed by atoms with Gasteiger partial charge in [0.15, 0.2) is 0 Å². The predicted octanol–water partition coefficient (Wildman–Crippen LogP) is 2.88. The SMILES string of the molecule is Cc1ccc(O)c(-c2nc(OC(=O)O)cs2)c1. The highest BCUT2D eigenvalue weighted by atomic mass is 32.1. The number of nitrogens with zero attached hydrogens (tertiary/aromatic N) is 1. The Morgan fingerprint density at radius 1 is 1.47 bits per heavy atom. The number of carboxylic acid groups (broad SMARTS) is 1. The molecule has 0 spiro atoms. The van der Waals surface area contributed by atoms with E-state index in [-0.39, 0.29) is 11.6 Å². The van der Waals surface area contributed by atoms with E-state index in [1.54, 1.807) is 18.2 Å². The third-order valence-electron chi connectivity index (χ3n) is 2.06. The molecule has 0 unspecified atom stereocenters. The molecule has 0 fully saturated rings. The van der Waals surface area contributed by atoms with Gasteiger partial charge in [0.2, 0.25) is 5.88 Å². The van der Waals surface area contributed by atoms with E-state index < -0.39 is 6.16 Å². The van der Waals surface area contributed by atoms with E-state index in [0.29, 0.717) is 10.6 Å². The van der Waals surface area contributed by atoms with Gasteiger partial charge in [0.1, 0.15) is 10.8 Å². The summed E-state index contributed by atoms with van der Waals surface area (Å²) in [4.78, 5) is 14.3. The van der Waals surface area contributed by atoms with Gasteiger partial charge < -0.3 is 14.9 Å². The lowest BCUT2D eigenvalue weighted by molar-refractivity contribution is 0.143. The number of phenolic OH excluding ortho intramolecular Hbond substituents is 1. The van der Waals surface area contributed by atoms with Crippen LogP contribution in [-0.4, -0.2) is 21.4 Å². The zero-order chi connectivity index (χ0) is 12.4. The molecule has 1 aromatic carbocycles. The van der Waals surface area contributed by atoms with Gasteiger partial charge in [-0.15, -0.1) is 11.3 Å². The lowest BCUT2D eigenvalue weighted by Crippen LogP contribution is -2.02. The van der Waals surface area contributed by atoms with Crippen LogP contribution in [0.25, 0.3) is 10.6 Å². The lowest BCUT2D eigenvalue weighted by atomic mass is 10.1. The summed E-state index contributed by atoms with van der Waals surface area (Å²) < 4.78 is 4.42. The van der Waals surface area contributed by atoms with E-state index in [4.69, 9.17) is 5.11 Å². The molecular weight excluding hydrogens is 242 g/mol. The van der Waals surface area contributed by atoms with Gasteiger partial charge in [0.25, 0.3) is 0 Å². The van der Waals surface area contributed by atoms with Crippen LogP contribution in [0.4, 0.5) is 4.79 Å². The maximum Gasteiger partial charge on any atom is 0.512 e. The maximum atomic E-state index is 10.3. The second kappa shape index (κ2) is 4.42. The van der Waals surface area contributed by atoms with Gasteiger partial charge in [-0.1, -0.05) is 11.6 Å². The average molecular weight is 251 g/mol. The van der Waals surface area contributed by atoms with E-state index in [1.165, 1.54) is 16.7 Å². The number of phenols is 1. The second-order valence-corrected chi connectivity index (χ2v) is 4.24. The van der Waals surface area contributed by atoms with Crippen LogP contribution in [0, 0.1) is 6.92 Å². The summed E-state index contributed by atoms with van der Waals surface area (Å²) in [6.07, 6.45) is -1.41. The van der Waals surface area contributed by atoms with Crippen LogP contribution in [0.1, 0.15) is 5.56 Å². The van der Waals surface area contributed by atoms with E-state index in [0.717, 1.165) is 5.56 Å². The maximum absolute atomic E-state index is 10.3. The number of rotatable bonds is 2. The highest BCUT2D eigenvalue weighted by molar-refractivity contribution is 7.13. The minimum absolute atomic E-state index is 0.0124. The zero-order valence-corrected chi connectivity index (χ0v) is 9.69. The first-order valence-corrected chi connectivity index (χ1v) is 5.60. The number of aromatic nitrogens is 1. The van der Waals surface area contributed by atoms with Crippen LogP contribution in [0.2, 0.25) is 0 Å². The molecule has 0 saturated carbocycles. The summed E-state index contributed by atoms with van der Waals surface area (Å²) in [7, 11) is 0. The summed E-state index contributed by atoms with van der Waals surface area (Å²) in [5.74, 6) is 0.116. The number of benzene rings is 1. The zero-order valence-electron chi connectivity index (χ0n) is 8.88. The molecule has 17 heavy (non-hydrogen) atoms. The van der Waals surface area contributed by atoms with Gasteiger partial charge in [-0.2, -0.15) is 0 Å². The van der Waals surface area contributed by atoms with Crippen molar-refractivity contribution < 1.29 is 19.7 Å². The summed E-state index contributed by atoms with van der Waals surface area (Å²) in [5.41, 5.74) is 1.55. The largest absolute Gasteiger partial charge is 0.512 e. The fourth-order valence-electron chi connectivity index (χ4n) is 1.34. The van der Waals surface area contributed by atoms with Crippen LogP contribution in [0.3, 0.4) is 0 Å². The molecular formula is C11H9NO4S. The Kier molecular flexibility index (Phi) is 2.97. The summed E-state index contributed by atoms with van der Waals surface area (Å²) >= 11 is 1.21. The lowest BCUT2D eigenvalue weighted by Gasteiger charge is -2.01. The highest BCUT2D eigenvalue weighted by Gasteiger charge is 2.11. The first-order chi connectivity index (χ1) is 8.06. The Labute approximate surface area is 101 Å². The number of hydrogen-bond acceptors (Lipinski definition) is 5. The van der Waals surface area contributed by atoms with Crippen LogP contribution in [0.15, 0.2) is 23.6 Å². The van der Waals surface area contributed by atoms with Gasteiger partial charge in [0, 0.05) is 0 Å². The Bertz CT molecular complexity index is 564. The normalized spacial score (nSPS) is 10.2. The van der Waals surface area contributed by atoms with Crippen LogP contribution >= 0.6 is 11.3 Å². The summed E-state index contributed by atoms with van der Waals surface area (Å²) in [6.45, 7) is 1.89. The molecule has 5 nitrogen and oxygen atoms in total. The minimum Gasteiger partial charge on any atom is -0.507 e. The molecule has 0 bridgehead atoms. The van der Waals surface area contributed by atoms with Gasteiger partial charge >= 0.3 is 6.16 Å². The van der Waals surface area contributed by atoms with Crippen molar-refractivity contribution in [3.05, 3.63) is 29.1 Å². The molecule has 1 heterocycles. The van der Waals surface area contributed by atoms with Crippen molar-refractivity contribution in [2.75, 3.05) is 0 Å². The number of hydrogen-bond donors (Lipinski definition) is 2. The standard InChI is InChI=1S/C11H9NO4S/c1-6-2-3-8(13)7(4-6)10-12-9(5-17-10)16-11(14)15/h2-5,13H,1H3,(H,14,15). The van der Waals surface area contributed by atoms with Gasteiger partial charge in [-0.05, 0) is 19.1 Å². The predicted molar refractivity (Wildman–Crippen MR) is 62.6 cm³/mol. The average Bonchev–Trinajstić information content (AvgIpc) is 2.69. The van der Waals surface area contributed by atoms with Crippen molar-refractivity contribution in [3.63, 3.8) is 0 Å². The number of thiazole rings is 1. The van der Waals surface area contributed by atoms with Gasteiger partial charge in [-0.3, -0.25) is 0 Å². The van der Waals surface area contributed by atoms with E-state index in [9.17, 15) is 9.90 Å². The molecule has 0 aliphatic carbocycles. The molecule has 0 amide bonds. The Morgan fingerprint density at radius 3 is 2.94 bits per heavy atom. The topological polar surface area (TPSA) is 79.7 Å². The molecule has 0 atom stereocenters. The molecule has 88 valence electrons. The monoisotopic (exact) mass is 251 g/mol. The van der Waals surface area contributed by atoms with Gasteiger partial charge in [-0.25, -0.2) is 9.78 Å². The fourth-order valence-corrected chi connectivity index (χ4v) is 2.09. The first-order valence-electron chi connectivity index (χ1n) is 4.72. The number of ether oxygens (including phenoxy) is 1. The van der Waals surface area contributed by atoms with Crippen molar-refractivity contribution >= 4 is 17.5 Å². The van der Waals surface area contributed by atoms with E-state index in [1.807, 2.05) is 6.92 Å². The van der Waals surface area contributed by atoms with Crippen molar-refractivity contribution in [1.82, 2.24) is 4.98 Å². The van der Waals surface area contributed by atoms with E-state index in [2.05, 4.69) is 9.72 Å². The number of carbonyl (C=O) groups is 1. The van der Waals surface area contributed by atoms with Crippen molar-refractivity contribution in [1.29, 1.82) is 0 Å². The molecule has 2 rings (SSSR count). The Balaban J connectivity index is 2.36. The molecule has 0 radical (unpaired) electrons. The molecule has 0 aliphatic rings. The third-order valence-corrected chi connectivity index (χ3v) is 2.91. The van der Waals surface area contributed by atoms with Crippen LogP contribution in [-0.2, 0) is 0 Å². The highest BCUT2D eigenvalue weighted by Crippen LogP contribution is 2.33. The van der Waals surface area contributed by atoms with Crippen molar-refractivity contribution in [2.24, 2.45) is 0 Å². The van der Waals surface area contributed by atoms with Crippen molar-refractivity contribution in [3.8, 4) is 22.2 Å². The number of aryl methyl sites for hydroxylation is 1.